The molecule has 0 aromatic heterocycles. The first-order chi connectivity index (χ1) is 5.79. The number of Topliss-reactive ketones (excluding diaryl/α,β-unsaturated/α-hetero) is 1. The van der Waals surface area contributed by atoms with E-state index in [0.29, 0.717) is 0 Å². The SMILES string of the molecule is CN(C)/C=C(\C=O)C(=O)C(F)(F)F. The number of ketones is 1. The first kappa shape index (κ1) is 11.7. The molecule has 0 bridgehead atoms. The van der Waals surface area contributed by atoms with E-state index in [2.05, 4.69) is 0 Å². The van der Waals surface area contributed by atoms with Crippen molar-refractivity contribution in [3.63, 3.8) is 0 Å². The second-order valence-corrected chi connectivity index (χ2v) is 2.49. The fourth-order valence-corrected chi connectivity index (χ4v) is 0.584. The summed E-state index contributed by atoms with van der Waals surface area (Å²) in [4.78, 5) is 21.8. The number of halogens is 3. The highest BCUT2D eigenvalue weighted by Crippen LogP contribution is 2.19. The minimum absolute atomic E-state index is 0.115. The number of allylic oxidation sites excluding steroid dienone is 1. The van der Waals surface area contributed by atoms with E-state index < -0.39 is 17.5 Å². The van der Waals surface area contributed by atoms with Crippen molar-refractivity contribution in [1.82, 2.24) is 4.90 Å². The van der Waals surface area contributed by atoms with Gasteiger partial charge in [0.1, 0.15) is 0 Å². The predicted octanol–water partition coefficient (Wildman–Crippen LogP) is 0.762. The Labute approximate surface area is 72.8 Å². The van der Waals surface area contributed by atoms with Crippen molar-refractivity contribution in [2.24, 2.45) is 0 Å². The third-order valence-electron chi connectivity index (χ3n) is 1.04. The maximum absolute atomic E-state index is 11.8. The van der Waals surface area contributed by atoms with Crippen LogP contribution in [-0.2, 0) is 9.59 Å². The van der Waals surface area contributed by atoms with E-state index in [9.17, 15) is 22.8 Å². The Hall–Kier alpha value is -1.33. The van der Waals surface area contributed by atoms with Crippen molar-refractivity contribution in [2.75, 3.05) is 14.1 Å². The predicted molar refractivity (Wildman–Crippen MR) is 38.9 cm³/mol. The van der Waals surface area contributed by atoms with E-state index in [1.807, 2.05) is 0 Å². The van der Waals surface area contributed by atoms with Gasteiger partial charge in [-0.25, -0.2) is 0 Å². The van der Waals surface area contributed by atoms with Crippen molar-refractivity contribution in [1.29, 1.82) is 0 Å². The Morgan fingerprint density at radius 1 is 1.31 bits per heavy atom. The molecule has 0 amide bonds. The highest BCUT2D eigenvalue weighted by Gasteiger charge is 2.40. The molecule has 0 atom stereocenters. The van der Waals surface area contributed by atoms with Crippen LogP contribution in [0.2, 0.25) is 0 Å². The number of nitrogens with zero attached hydrogens (tertiary/aromatic N) is 1. The van der Waals surface area contributed by atoms with Gasteiger partial charge in [0.05, 0.1) is 5.57 Å². The molecule has 6 heteroatoms. The Morgan fingerprint density at radius 3 is 2.00 bits per heavy atom. The number of aldehydes is 1. The van der Waals surface area contributed by atoms with Gasteiger partial charge in [-0.1, -0.05) is 0 Å². The van der Waals surface area contributed by atoms with E-state index >= 15 is 0 Å². The van der Waals surface area contributed by atoms with Crippen LogP contribution in [-0.4, -0.2) is 37.2 Å². The molecule has 0 aromatic carbocycles. The molecule has 13 heavy (non-hydrogen) atoms. The Kier molecular flexibility index (Phi) is 3.65. The summed E-state index contributed by atoms with van der Waals surface area (Å²) in [6.07, 6.45) is -4.29. The van der Waals surface area contributed by atoms with E-state index in [1.165, 1.54) is 19.0 Å². The summed E-state index contributed by atoms with van der Waals surface area (Å²) in [5, 5.41) is 0. The molecule has 0 heterocycles. The highest BCUT2D eigenvalue weighted by molar-refractivity contribution is 6.14. The van der Waals surface area contributed by atoms with Crippen LogP contribution in [0.5, 0.6) is 0 Å². The van der Waals surface area contributed by atoms with Gasteiger partial charge in [-0.05, 0) is 0 Å². The molecule has 0 unspecified atom stereocenters. The molecule has 0 radical (unpaired) electrons. The number of rotatable bonds is 3. The average Bonchev–Trinajstić information content (AvgIpc) is 1.96. The van der Waals surface area contributed by atoms with Crippen LogP contribution in [0.25, 0.3) is 0 Å². The maximum Gasteiger partial charge on any atom is 0.455 e. The quantitative estimate of drug-likeness (QED) is 0.289. The zero-order chi connectivity index (χ0) is 10.6. The topological polar surface area (TPSA) is 37.4 Å². The molecule has 0 fully saturated rings. The maximum atomic E-state index is 11.8. The number of alkyl halides is 3. The van der Waals surface area contributed by atoms with E-state index in [0.717, 1.165) is 6.20 Å². The zero-order valence-electron chi connectivity index (χ0n) is 7.05. The minimum Gasteiger partial charge on any atom is -0.383 e. The summed E-state index contributed by atoms with van der Waals surface area (Å²) in [6, 6.07) is 0. The first-order valence-electron chi connectivity index (χ1n) is 3.24. The van der Waals surface area contributed by atoms with Gasteiger partial charge >= 0.3 is 6.18 Å². The molecule has 0 aliphatic carbocycles. The number of hydrogen-bond donors (Lipinski definition) is 0. The van der Waals surface area contributed by atoms with Gasteiger partial charge in [-0.15, -0.1) is 0 Å². The summed E-state index contributed by atoms with van der Waals surface area (Å²) in [5.41, 5.74) is -0.905. The van der Waals surface area contributed by atoms with Crippen LogP contribution in [0, 0.1) is 0 Å². The third kappa shape index (κ3) is 3.73. The van der Waals surface area contributed by atoms with Crippen molar-refractivity contribution in [2.45, 2.75) is 6.18 Å². The summed E-state index contributed by atoms with van der Waals surface area (Å²) in [5.74, 6) is -2.13. The second-order valence-electron chi connectivity index (χ2n) is 2.49. The van der Waals surface area contributed by atoms with Crippen LogP contribution in [0.4, 0.5) is 13.2 Å². The van der Waals surface area contributed by atoms with Gasteiger partial charge in [0.15, 0.2) is 6.29 Å². The average molecular weight is 195 g/mol. The van der Waals surface area contributed by atoms with Gasteiger partial charge in [0, 0.05) is 20.3 Å². The van der Waals surface area contributed by atoms with Gasteiger partial charge in [-0.2, -0.15) is 13.2 Å². The van der Waals surface area contributed by atoms with E-state index in [1.54, 1.807) is 0 Å². The standard InChI is InChI=1S/C7H8F3NO2/c1-11(2)3-5(4-12)6(13)7(8,9)10/h3-4H,1-2H3/b5-3+. The Morgan fingerprint density at radius 2 is 1.77 bits per heavy atom. The lowest BCUT2D eigenvalue weighted by molar-refractivity contribution is -0.166. The molecule has 0 aromatic rings. The van der Waals surface area contributed by atoms with Crippen LogP contribution < -0.4 is 0 Å². The molecule has 0 saturated carbocycles. The monoisotopic (exact) mass is 195 g/mol. The van der Waals surface area contributed by atoms with Gasteiger partial charge in [0.25, 0.3) is 5.78 Å². The molecule has 0 N–H and O–H groups in total. The lowest BCUT2D eigenvalue weighted by Gasteiger charge is -2.08. The van der Waals surface area contributed by atoms with Crippen molar-refractivity contribution < 1.29 is 22.8 Å². The Bertz CT molecular complexity index is 243. The van der Waals surface area contributed by atoms with E-state index in [-0.39, 0.29) is 6.29 Å². The molecule has 0 rings (SSSR count). The van der Waals surface area contributed by atoms with Gasteiger partial charge in [-0.3, -0.25) is 9.59 Å². The Balaban J connectivity index is 4.81. The molecule has 0 aliphatic heterocycles. The summed E-state index contributed by atoms with van der Waals surface area (Å²) >= 11 is 0. The minimum atomic E-state index is -5.00. The first-order valence-corrected chi connectivity index (χ1v) is 3.24. The highest BCUT2D eigenvalue weighted by atomic mass is 19.4. The van der Waals surface area contributed by atoms with Gasteiger partial charge in [0.2, 0.25) is 0 Å². The molecular formula is C7H8F3NO2. The lowest BCUT2D eigenvalue weighted by atomic mass is 10.2. The fraction of sp³-hybridized carbons (Fsp3) is 0.429. The smallest absolute Gasteiger partial charge is 0.383 e. The van der Waals surface area contributed by atoms with Crippen LogP contribution in [0.15, 0.2) is 11.8 Å². The van der Waals surface area contributed by atoms with Crippen molar-refractivity contribution in [3.05, 3.63) is 11.8 Å². The van der Waals surface area contributed by atoms with Crippen molar-refractivity contribution >= 4 is 12.1 Å². The number of carbonyl (C=O) groups excluding carboxylic acids is 2. The number of hydrogen-bond acceptors (Lipinski definition) is 3. The lowest BCUT2D eigenvalue weighted by Crippen LogP contribution is -2.26. The van der Waals surface area contributed by atoms with Crippen LogP contribution in [0.3, 0.4) is 0 Å². The normalized spacial score (nSPS) is 12.5. The summed E-state index contributed by atoms with van der Waals surface area (Å²) in [6.45, 7) is 0. The third-order valence-corrected chi connectivity index (χ3v) is 1.04. The van der Waals surface area contributed by atoms with Crippen molar-refractivity contribution in [3.8, 4) is 0 Å². The van der Waals surface area contributed by atoms with E-state index in [4.69, 9.17) is 0 Å². The second kappa shape index (κ2) is 4.06. The molecule has 0 aliphatic rings. The summed E-state index contributed by atoms with van der Waals surface area (Å²) in [7, 11) is 2.82. The molecule has 74 valence electrons. The largest absolute Gasteiger partial charge is 0.455 e. The molecular weight excluding hydrogens is 187 g/mol. The fourth-order valence-electron chi connectivity index (χ4n) is 0.584. The van der Waals surface area contributed by atoms with Gasteiger partial charge < -0.3 is 4.90 Å². The molecule has 3 nitrogen and oxygen atoms in total. The van der Waals surface area contributed by atoms with Crippen LogP contribution in [0.1, 0.15) is 0 Å². The zero-order valence-corrected chi connectivity index (χ0v) is 7.05. The summed E-state index contributed by atoms with van der Waals surface area (Å²) < 4.78 is 35.3. The molecule has 0 saturated heterocycles. The van der Waals surface area contributed by atoms with Crippen LogP contribution >= 0.6 is 0 Å². The molecule has 0 spiro atoms. The number of carbonyl (C=O) groups is 2.